The molecule has 0 bridgehead atoms. The third-order valence-electron chi connectivity index (χ3n) is 13.6. The number of hydrogen-bond donors (Lipinski definition) is 4. The Morgan fingerprint density at radius 3 is 1.48 bits per heavy atom. The fraction of sp³-hybridized carbons (Fsp3) is 0.845. The molecule has 9 nitrogen and oxygen atoms in total. The zero-order valence-corrected chi connectivity index (χ0v) is 51.7. The number of unbranched alkanes of at least 4 members (excludes halogenated alkanes) is 23. The maximum atomic E-state index is 13.1. The lowest BCUT2D eigenvalue weighted by Crippen LogP contribution is -2.34. The lowest BCUT2D eigenvalue weighted by molar-refractivity contribution is -0.143. The van der Waals surface area contributed by atoms with E-state index in [1.165, 1.54) is 167 Å². The summed E-state index contributed by atoms with van der Waals surface area (Å²) in [6.07, 6.45) is 43.1. The van der Waals surface area contributed by atoms with Gasteiger partial charge in [-0.25, -0.2) is 0 Å². The second-order valence-corrected chi connectivity index (χ2v) is 28.2. The van der Waals surface area contributed by atoms with Crippen LogP contribution in [0.2, 0.25) is 0 Å². The van der Waals surface area contributed by atoms with Gasteiger partial charge in [-0.05, 0) is 69.2 Å². The molecule has 0 saturated heterocycles. The largest absolute Gasteiger partial charge is 0.481 e. The van der Waals surface area contributed by atoms with Gasteiger partial charge in [0, 0.05) is 78.0 Å². The minimum atomic E-state index is -0.859. The van der Waals surface area contributed by atoms with Crippen molar-refractivity contribution in [3.8, 4) is 0 Å². The van der Waals surface area contributed by atoms with E-state index in [1.54, 1.807) is 10.8 Å². The van der Waals surface area contributed by atoms with Crippen molar-refractivity contribution in [1.29, 1.82) is 0 Å². The van der Waals surface area contributed by atoms with Crippen molar-refractivity contribution in [2.75, 3.05) is 74.4 Å². The fourth-order valence-corrected chi connectivity index (χ4v) is 15.9. The van der Waals surface area contributed by atoms with Gasteiger partial charge in [-0.15, -0.1) is 0 Å². The van der Waals surface area contributed by atoms with Crippen LogP contribution in [0.3, 0.4) is 0 Å². The lowest BCUT2D eigenvalue weighted by atomic mass is 9.68. The van der Waals surface area contributed by atoms with E-state index in [1.807, 2.05) is 66.2 Å². The first-order valence-corrected chi connectivity index (χ1v) is 36.7. The summed E-state index contributed by atoms with van der Waals surface area (Å²) in [5.74, 6) is 4.01. The van der Waals surface area contributed by atoms with Gasteiger partial charge in [-0.3, -0.25) is 14.4 Å². The highest BCUT2D eigenvalue weighted by Crippen LogP contribution is 2.49. The Balaban J connectivity index is 2.93. The molecule has 0 amide bonds. The topological polar surface area (TPSA) is 128 Å². The van der Waals surface area contributed by atoms with Crippen molar-refractivity contribution in [3.63, 3.8) is 0 Å². The van der Waals surface area contributed by atoms with Crippen LogP contribution in [-0.4, -0.2) is 107 Å². The molecule has 1 rings (SSSR count). The molecule has 0 aromatic heterocycles. The molecule has 0 aliphatic carbocycles. The summed E-state index contributed by atoms with van der Waals surface area (Å²) in [7, 11) is 13.4. The van der Waals surface area contributed by atoms with Crippen molar-refractivity contribution in [2.45, 2.75) is 233 Å². The second-order valence-electron chi connectivity index (χ2n) is 20.1. The SMILES string of the molecule is CCCCCCCCCCCCSSCCC(CCSSCCCCCCCCCCCC)(CC(=O)O)C1=C(CCC(=O)O)NC=CC=C1CCN(C)CCNCCC(=O)OCCSSCCCCCCCC. The standard InChI is InChI=1S/C58H107N3O6S6/c1-5-8-11-14-17-19-21-23-26-29-45-68-71-48-37-58(51-55(64)65,38-49-72-69-46-30-27-24-22-20-18-15-12-9-6-2)57-52(32-31-39-60-53(57)33-34-54(62)63)36-42-61(4)43-41-59-40-35-56(66)67-44-50-73-70-47-28-25-16-13-10-7-3/h31-32,39,59-60H,5-30,33-38,40-51H2,1-4H3,(H,62,63)(H,64,65). The number of nitrogens with one attached hydrogen (secondary N) is 2. The number of ether oxygens (including phenoxy) is 1. The van der Waals surface area contributed by atoms with Crippen LogP contribution in [0.15, 0.2) is 35.2 Å². The van der Waals surface area contributed by atoms with Crippen LogP contribution in [0, 0.1) is 5.41 Å². The molecule has 0 aromatic rings. The number of esters is 1. The molecule has 0 atom stereocenters. The van der Waals surface area contributed by atoms with Crippen LogP contribution in [0.5, 0.6) is 0 Å². The summed E-state index contributed by atoms with van der Waals surface area (Å²) in [6.45, 7) is 10.1. The van der Waals surface area contributed by atoms with Gasteiger partial charge in [0.1, 0.15) is 6.61 Å². The van der Waals surface area contributed by atoms with E-state index >= 15 is 0 Å². The first-order chi connectivity index (χ1) is 35.7. The van der Waals surface area contributed by atoms with Gasteiger partial charge in [-0.1, -0.05) is 239 Å². The minimum absolute atomic E-state index is 0.00448. The van der Waals surface area contributed by atoms with Crippen LogP contribution in [0.25, 0.3) is 0 Å². The third kappa shape index (κ3) is 42.1. The van der Waals surface area contributed by atoms with Gasteiger partial charge in [0.05, 0.1) is 19.3 Å². The first kappa shape index (κ1) is 70.5. The zero-order valence-electron chi connectivity index (χ0n) is 46.8. The molecule has 0 saturated carbocycles. The van der Waals surface area contributed by atoms with Crippen molar-refractivity contribution in [2.24, 2.45) is 5.41 Å². The van der Waals surface area contributed by atoms with Crippen LogP contribution < -0.4 is 10.6 Å². The van der Waals surface area contributed by atoms with E-state index < -0.39 is 17.4 Å². The summed E-state index contributed by atoms with van der Waals surface area (Å²) in [5, 5.41) is 27.5. The summed E-state index contributed by atoms with van der Waals surface area (Å²) >= 11 is 0. The molecule has 1 aliphatic heterocycles. The van der Waals surface area contributed by atoms with Gasteiger partial charge >= 0.3 is 17.9 Å². The highest BCUT2D eigenvalue weighted by Gasteiger charge is 2.40. The molecule has 15 heteroatoms. The second kappa shape index (κ2) is 52.2. The van der Waals surface area contributed by atoms with Crippen molar-refractivity contribution in [1.82, 2.24) is 15.5 Å². The normalized spacial score (nSPS) is 12.9. The molecular formula is C58H107N3O6S6. The molecular weight excluding hydrogens is 1030 g/mol. The van der Waals surface area contributed by atoms with E-state index in [0.717, 1.165) is 71.0 Å². The summed E-state index contributed by atoms with van der Waals surface area (Å²) < 4.78 is 5.48. The molecule has 0 unspecified atom stereocenters. The summed E-state index contributed by atoms with van der Waals surface area (Å²) in [6, 6.07) is 0. The Kier molecular flexibility index (Phi) is 50.4. The Bertz CT molecular complexity index is 1410. The Morgan fingerprint density at radius 2 is 1.01 bits per heavy atom. The molecule has 0 radical (unpaired) electrons. The highest BCUT2D eigenvalue weighted by atomic mass is 33.1. The van der Waals surface area contributed by atoms with Crippen LogP contribution in [-0.2, 0) is 19.1 Å². The van der Waals surface area contributed by atoms with Gasteiger partial charge in [0.2, 0.25) is 0 Å². The van der Waals surface area contributed by atoms with Crippen molar-refractivity contribution >= 4 is 82.7 Å². The number of carbonyl (C=O) groups excluding carboxylic acids is 1. The summed E-state index contributed by atoms with van der Waals surface area (Å²) in [4.78, 5) is 39.9. The Labute approximate surface area is 471 Å². The summed E-state index contributed by atoms with van der Waals surface area (Å²) in [5.41, 5.74) is 2.29. The monoisotopic (exact) mass is 1130 g/mol. The minimum Gasteiger partial charge on any atom is -0.481 e. The van der Waals surface area contributed by atoms with E-state index in [2.05, 4.69) is 49.4 Å². The van der Waals surface area contributed by atoms with Gasteiger partial charge in [-0.2, -0.15) is 0 Å². The molecule has 1 heterocycles. The predicted octanol–water partition coefficient (Wildman–Crippen LogP) is 17.6. The van der Waals surface area contributed by atoms with E-state index in [4.69, 9.17) is 4.74 Å². The van der Waals surface area contributed by atoms with Crippen LogP contribution >= 0.6 is 64.8 Å². The molecule has 73 heavy (non-hydrogen) atoms. The molecule has 0 aromatic carbocycles. The zero-order chi connectivity index (χ0) is 53.1. The fourth-order valence-electron chi connectivity index (χ4n) is 9.23. The Hall–Kier alpha value is -0.550. The average Bonchev–Trinajstić information content (AvgIpc) is 3.58. The number of nitrogens with zero attached hydrogens (tertiary/aromatic N) is 1. The maximum absolute atomic E-state index is 13.1. The molecule has 426 valence electrons. The number of carboxylic acid groups (broad SMARTS) is 2. The van der Waals surface area contributed by atoms with Crippen molar-refractivity contribution in [3.05, 3.63) is 35.2 Å². The average molecular weight is 1130 g/mol. The highest BCUT2D eigenvalue weighted by molar-refractivity contribution is 8.77. The number of rotatable bonds is 56. The van der Waals surface area contributed by atoms with Gasteiger partial charge in [0.25, 0.3) is 0 Å². The third-order valence-corrected chi connectivity index (χ3v) is 21.0. The maximum Gasteiger partial charge on any atom is 0.307 e. The van der Waals surface area contributed by atoms with E-state index in [0.29, 0.717) is 45.3 Å². The number of carbonyl (C=O) groups is 3. The molecule has 0 spiro atoms. The number of hydrogen-bond acceptors (Lipinski definition) is 13. The quantitative estimate of drug-likeness (QED) is 0.0262. The number of allylic oxidation sites excluding steroid dienone is 4. The smallest absolute Gasteiger partial charge is 0.307 e. The van der Waals surface area contributed by atoms with Crippen molar-refractivity contribution < 1.29 is 29.3 Å². The number of carboxylic acids is 2. The van der Waals surface area contributed by atoms with E-state index in [-0.39, 0.29) is 18.8 Å². The van der Waals surface area contributed by atoms with Crippen LogP contribution in [0.4, 0.5) is 0 Å². The lowest BCUT2D eigenvalue weighted by Gasteiger charge is -2.38. The number of aliphatic carboxylic acids is 2. The number of likely N-dealkylation sites (N-methyl/N-ethyl adjacent to an activating group) is 1. The first-order valence-electron chi connectivity index (χ1n) is 29.3. The molecule has 4 N–H and O–H groups in total. The van der Waals surface area contributed by atoms with Gasteiger partial charge in [0.15, 0.2) is 0 Å². The Morgan fingerprint density at radius 1 is 0.562 bits per heavy atom. The molecule has 0 fully saturated rings. The molecule has 1 aliphatic rings. The van der Waals surface area contributed by atoms with Crippen LogP contribution in [0.1, 0.15) is 233 Å². The van der Waals surface area contributed by atoms with E-state index in [9.17, 15) is 24.6 Å². The van der Waals surface area contributed by atoms with Gasteiger partial charge < -0.3 is 30.5 Å². The predicted molar refractivity (Wildman–Crippen MR) is 331 cm³/mol.